The Labute approximate surface area is 97.6 Å². The van der Waals surface area contributed by atoms with Gasteiger partial charge in [0.1, 0.15) is 5.76 Å². The second-order valence-corrected chi connectivity index (χ2v) is 5.57. The highest BCUT2D eigenvalue weighted by molar-refractivity contribution is 5.12. The fourth-order valence-corrected chi connectivity index (χ4v) is 2.15. The Morgan fingerprint density at radius 3 is 2.62 bits per heavy atom. The Bertz CT molecular complexity index is 333. The van der Waals surface area contributed by atoms with E-state index in [0.29, 0.717) is 12.0 Å². The van der Waals surface area contributed by atoms with E-state index >= 15 is 0 Å². The van der Waals surface area contributed by atoms with E-state index < -0.39 is 0 Å². The monoisotopic (exact) mass is 222 g/mol. The molecule has 2 heterocycles. The van der Waals surface area contributed by atoms with Gasteiger partial charge in [0.05, 0.1) is 12.8 Å². The number of hydrogen-bond donors (Lipinski definition) is 1. The predicted molar refractivity (Wildman–Crippen MR) is 64.9 cm³/mol. The maximum atomic E-state index is 5.56. The van der Waals surface area contributed by atoms with Crippen LogP contribution >= 0.6 is 0 Å². The lowest BCUT2D eigenvalue weighted by Crippen LogP contribution is -2.36. The topological polar surface area (TPSA) is 42.4 Å². The van der Waals surface area contributed by atoms with Gasteiger partial charge in [0.2, 0.25) is 0 Å². The molecule has 90 valence electrons. The van der Waals surface area contributed by atoms with Crippen molar-refractivity contribution in [2.75, 3.05) is 13.1 Å². The van der Waals surface area contributed by atoms with Crippen LogP contribution in [0.3, 0.4) is 0 Å². The summed E-state index contributed by atoms with van der Waals surface area (Å²) in [6, 6.07) is 2.07. The van der Waals surface area contributed by atoms with Crippen molar-refractivity contribution in [3.63, 3.8) is 0 Å². The minimum absolute atomic E-state index is 0.516. The maximum absolute atomic E-state index is 5.56. The number of likely N-dealkylation sites (tertiary alicyclic amines) is 1. The second-order valence-electron chi connectivity index (χ2n) is 5.57. The third-order valence-corrected chi connectivity index (χ3v) is 3.53. The first-order valence-electron chi connectivity index (χ1n) is 6.08. The Morgan fingerprint density at radius 1 is 1.38 bits per heavy atom. The highest BCUT2D eigenvalue weighted by atomic mass is 16.3. The molecular weight excluding hydrogens is 200 g/mol. The van der Waals surface area contributed by atoms with Crippen molar-refractivity contribution < 1.29 is 4.42 Å². The van der Waals surface area contributed by atoms with Gasteiger partial charge in [-0.1, -0.05) is 13.8 Å². The zero-order valence-corrected chi connectivity index (χ0v) is 10.3. The summed E-state index contributed by atoms with van der Waals surface area (Å²) in [6.45, 7) is 8.54. The molecule has 3 nitrogen and oxygen atoms in total. The van der Waals surface area contributed by atoms with Crippen LogP contribution in [0.4, 0.5) is 0 Å². The van der Waals surface area contributed by atoms with Crippen molar-refractivity contribution in [3.8, 4) is 0 Å². The molecule has 0 bridgehead atoms. The summed E-state index contributed by atoms with van der Waals surface area (Å²) in [7, 11) is 0. The van der Waals surface area contributed by atoms with E-state index in [0.717, 1.165) is 17.9 Å². The van der Waals surface area contributed by atoms with Gasteiger partial charge >= 0.3 is 0 Å². The highest BCUT2D eigenvalue weighted by Gasteiger charge is 2.25. The van der Waals surface area contributed by atoms with Gasteiger partial charge in [-0.3, -0.25) is 4.90 Å². The molecule has 0 aromatic carbocycles. The van der Waals surface area contributed by atoms with Gasteiger partial charge < -0.3 is 10.2 Å². The molecule has 1 aliphatic heterocycles. The molecule has 0 radical (unpaired) electrons. The van der Waals surface area contributed by atoms with E-state index in [9.17, 15) is 0 Å². The Balaban J connectivity index is 1.87. The molecule has 1 aromatic heterocycles. The third kappa shape index (κ3) is 2.86. The van der Waals surface area contributed by atoms with Gasteiger partial charge in [-0.15, -0.1) is 0 Å². The average Bonchev–Trinajstić information content (AvgIpc) is 2.69. The predicted octanol–water partition coefficient (Wildman–Crippen LogP) is 2.36. The molecule has 0 atom stereocenters. The van der Waals surface area contributed by atoms with Gasteiger partial charge in [-0.25, -0.2) is 0 Å². The minimum atomic E-state index is 0.516. The molecule has 0 saturated carbocycles. The molecule has 0 aliphatic carbocycles. The number of rotatable bonds is 3. The lowest BCUT2D eigenvalue weighted by Gasteiger charge is -2.36. The summed E-state index contributed by atoms with van der Waals surface area (Å²) in [5.41, 5.74) is 7.16. The SMILES string of the molecule is CC1(C)CCN(Cc2cc(CN)co2)CC1. The highest BCUT2D eigenvalue weighted by Crippen LogP contribution is 2.30. The zero-order valence-electron chi connectivity index (χ0n) is 10.3. The molecule has 16 heavy (non-hydrogen) atoms. The van der Waals surface area contributed by atoms with Crippen LogP contribution in [0.1, 0.15) is 38.0 Å². The zero-order chi connectivity index (χ0) is 11.6. The fourth-order valence-electron chi connectivity index (χ4n) is 2.15. The van der Waals surface area contributed by atoms with Gasteiger partial charge in [-0.05, 0) is 37.4 Å². The van der Waals surface area contributed by atoms with Crippen LogP contribution in [0.15, 0.2) is 16.7 Å². The van der Waals surface area contributed by atoms with Crippen LogP contribution in [-0.2, 0) is 13.1 Å². The molecule has 1 aromatic rings. The molecular formula is C13H22N2O. The van der Waals surface area contributed by atoms with E-state index in [-0.39, 0.29) is 0 Å². The van der Waals surface area contributed by atoms with Crippen molar-refractivity contribution in [1.29, 1.82) is 0 Å². The van der Waals surface area contributed by atoms with E-state index in [1.54, 1.807) is 6.26 Å². The van der Waals surface area contributed by atoms with Gasteiger partial charge in [0.25, 0.3) is 0 Å². The molecule has 3 heteroatoms. The first-order valence-corrected chi connectivity index (χ1v) is 6.08. The third-order valence-electron chi connectivity index (χ3n) is 3.53. The summed E-state index contributed by atoms with van der Waals surface area (Å²) >= 11 is 0. The van der Waals surface area contributed by atoms with E-state index in [4.69, 9.17) is 10.2 Å². The minimum Gasteiger partial charge on any atom is -0.468 e. The molecule has 0 unspecified atom stereocenters. The van der Waals surface area contributed by atoms with E-state index in [2.05, 4.69) is 24.8 Å². The molecule has 0 spiro atoms. The van der Waals surface area contributed by atoms with Gasteiger partial charge in [0.15, 0.2) is 0 Å². The number of nitrogens with zero attached hydrogens (tertiary/aromatic N) is 1. The normalized spacial score (nSPS) is 21.2. The molecule has 1 fully saturated rings. The standard InChI is InChI=1S/C13H22N2O/c1-13(2)3-5-15(6-4-13)9-12-7-11(8-14)10-16-12/h7,10H,3-6,8-9,14H2,1-2H3. The lowest BCUT2D eigenvalue weighted by atomic mass is 9.83. The fraction of sp³-hybridized carbons (Fsp3) is 0.692. The van der Waals surface area contributed by atoms with Crippen LogP contribution in [0.5, 0.6) is 0 Å². The van der Waals surface area contributed by atoms with E-state index in [1.807, 2.05) is 0 Å². The maximum Gasteiger partial charge on any atom is 0.118 e. The summed E-state index contributed by atoms with van der Waals surface area (Å²) in [5, 5.41) is 0. The molecule has 1 aliphatic rings. The summed E-state index contributed by atoms with van der Waals surface area (Å²) in [6.07, 6.45) is 4.32. The molecule has 2 N–H and O–H groups in total. The first-order chi connectivity index (χ1) is 7.59. The van der Waals surface area contributed by atoms with Crippen LogP contribution in [-0.4, -0.2) is 18.0 Å². The molecule has 2 rings (SSSR count). The summed E-state index contributed by atoms with van der Waals surface area (Å²) in [4.78, 5) is 2.46. The summed E-state index contributed by atoms with van der Waals surface area (Å²) < 4.78 is 5.49. The molecule has 0 amide bonds. The van der Waals surface area contributed by atoms with Gasteiger partial charge in [-0.2, -0.15) is 0 Å². The van der Waals surface area contributed by atoms with Crippen LogP contribution in [0, 0.1) is 5.41 Å². The van der Waals surface area contributed by atoms with Crippen LogP contribution < -0.4 is 5.73 Å². The second kappa shape index (κ2) is 4.60. The van der Waals surface area contributed by atoms with Crippen molar-refractivity contribution in [2.24, 2.45) is 11.1 Å². The average molecular weight is 222 g/mol. The molecule has 1 saturated heterocycles. The van der Waals surface area contributed by atoms with E-state index in [1.165, 1.54) is 25.9 Å². The Kier molecular flexibility index (Phi) is 3.36. The number of hydrogen-bond acceptors (Lipinski definition) is 3. The van der Waals surface area contributed by atoms with Crippen LogP contribution in [0.2, 0.25) is 0 Å². The largest absolute Gasteiger partial charge is 0.468 e. The summed E-state index contributed by atoms with van der Waals surface area (Å²) in [5.74, 6) is 1.04. The smallest absolute Gasteiger partial charge is 0.118 e. The first kappa shape index (κ1) is 11.7. The lowest BCUT2D eigenvalue weighted by molar-refractivity contribution is 0.120. The van der Waals surface area contributed by atoms with Gasteiger partial charge in [0, 0.05) is 12.1 Å². The van der Waals surface area contributed by atoms with Crippen molar-refractivity contribution in [2.45, 2.75) is 39.8 Å². The number of furan rings is 1. The Hall–Kier alpha value is -0.800. The quantitative estimate of drug-likeness (QED) is 0.853. The van der Waals surface area contributed by atoms with Crippen molar-refractivity contribution >= 4 is 0 Å². The number of nitrogens with two attached hydrogens (primary N) is 1. The Morgan fingerprint density at radius 2 is 2.06 bits per heavy atom. The van der Waals surface area contributed by atoms with Crippen molar-refractivity contribution in [1.82, 2.24) is 4.90 Å². The van der Waals surface area contributed by atoms with Crippen molar-refractivity contribution in [3.05, 3.63) is 23.7 Å². The van der Waals surface area contributed by atoms with Crippen LogP contribution in [0.25, 0.3) is 0 Å². The number of piperidine rings is 1.